The number of carbonyl (C=O) groups is 2. The standard InChI is InChI=1S/C18H25N3O3/c22-17(23)6-5-14-4-3-11-21(13-14)18(24)16-12-15(7-8-19-16)20-9-1-2-10-20/h7-8,12,14H,1-6,9-11,13H2,(H,22,23). The number of carboxylic acid groups (broad SMARTS) is 1. The smallest absolute Gasteiger partial charge is 0.303 e. The van der Waals surface area contributed by atoms with E-state index in [2.05, 4.69) is 9.88 Å². The summed E-state index contributed by atoms with van der Waals surface area (Å²) in [5.41, 5.74) is 1.57. The van der Waals surface area contributed by atoms with E-state index in [1.165, 1.54) is 12.8 Å². The van der Waals surface area contributed by atoms with Crippen LogP contribution in [-0.2, 0) is 4.79 Å². The number of aromatic nitrogens is 1. The number of nitrogens with zero attached hydrogens (tertiary/aromatic N) is 3. The Bertz CT molecular complexity index is 599. The number of aliphatic carboxylic acids is 1. The minimum absolute atomic E-state index is 0.0314. The summed E-state index contributed by atoms with van der Waals surface area (Å²) in [7, 11) is 0. The van der Waals surface area contributed by atoms with E-state index in [-0.39, 0.29) is 18.2 Å². The molecule has 0 saturated carbocycles. The van der Waals surface area contributed by atoms with Gasteiger partial charge in [-0.3, -0.25) is 14.6 Å². The molecular formula is C18H25N3O3. The van der Waals surface area contributed by atoms with Crippen LogP contribution in [0, 0.1) is 5.92 Å². The average Bonchev–Trinajstić information content (AvgIpc) is 3.14. The lowest BCUT2D eigenvalue weighted by Gasteiger charge is -2.32. The molecule has 1 atom stereocenters. The fourth-order valence-electron chi connectivity index (χ4n) is 3.68. The molecule has 0 aliphatic carbocycles. The Labute approximate surface area is 142 Å². The summed E-state index contributed by atoms with van der Waals surface area (Å²) < 4.78 is 0. The highest BCUT2D eigenvalue weighted by molar-refractivity contribution is 5.93. The third-order valence-corrected chi connectivity index (χ3v) is 5.01. The monoisotopic (exact) mass is 331 g/mol. The fourth-order valence-corrected chi connectivity index (χ4v) is 3.68. The minimum atomic E-state index is -0.765. The first-order valence-electron chi connectivity index (χ1n) is 8.85. The minimum Gasteiger partial charge on any atom is -0.481 e. The van der Waals surface area contributed by atoms with E-state index >= 15 is 0 Å². The fraction of sp³-hybridized carbons (Fsp3) is 0.611. The summed E-state index contributed by atoms with van der Waals surface area (Å²) in [4.78, 5) is 31.9. The maximum absolute atomic E-state index is 12.8. The highest BCUT2D eigenvalue weighted by atomic mass is 16.4. The number of carbonyl (C=O) groups excluding carboxylic acids is 1. The molecule has 2 aliphatic heterocycles. The van der Waals surface area contributed by atoms with Crippen molar-refractivity contribution in [1.82, 2.24) is 9.88 Å². The molecule has 0 radical (unpaired) electrons. The van der Waals surface area contributed by atoms with E-state index in [1.807, 2.05) is 17.0 Å². The molecule has 1 amide bonds. The van der Waals surface area contributed by atoms with E-state index < -0.39 is 5.97 Å². The van der Waals surface area contributed by atoms with E-state index in [0.29, 0.717) is 18.7 Å². The maximum atomic E-state index is 12.8. The molecule has 6 heteroatoms. The summed E-state index contributed by atoms with van der Waals surface area (Å²) in [6.45, 7) is 3.46. The topological polar surface area (TPSA) is 73.7 Å². The summed E-state index contributed by atoms with van der Waals surface area (Å²) >= 11 is 0. The lowest BCUT2D eigenvalue weighted by Crippen LogP contribution is -2.40. The molecule has 24 heavy (non-hydrogen) atoms. The zero-order valence-electron chi connectivity index (χ0n) is 14.0. The van der Waals surface area contributed by atoms with Gasteiger partial charge in [0.2, 0.25) is 0 Å². The van der Waals surface area contributed by atoms with Crippen molar-refractivity contribution in [2.24, 2.45) is 5.92 Å². The van der Waals surface area contributed by atoms with E-state index in [9.17, 15) is 9.59 Å². The summed E-state index contributed by atoms with van der Waals surface area (Å²) in [5.74, 6) is -0.518. The second-order valence-electron chi connectivity index (χ2n) is 6.79. The van der Waals surface area contributed by atoms with Gasteiger partial charge >= 0.3 is 5.97 Å². The molecule has 3 rings (SSSR count). The van der Waals surface area contributed by atoms with E-state index in [1.54, 1.807) is 6.20 Å². The Morgan fingerprint density at radius 1 is 1.21 bits per heavy atom. The number of piperidine rings is 1. The maximum Gasteiger partial charge on any atom is 0.303 e. The van der Waals surface area contributed by atoms with Crippen LogP contribution in [0.3, 0.4) is 0 Å². The zero-order chi connectivity index (χ0) is 16.9. The van der Waals surface area contributed by atoms with Crippen molar-refractivity contribution in [2.75, 3.05) is 31.1 Å². The number of rotatable bonds is 5. The van der Waals surface area contributed by atoms with Gasteiger partial charge in [0.15, 0.2) is 0 Å². The highest BCUT2D eigenvalue weighted by Gasteiger charge is 2.26. The molecule has 3 heterocycles. The van der Waals surface area contributed by atoms with Gasteiger partial charge in [-0.2, -0.15) is 0 Å². The number of pyridine rings is 1. The number of hydrogen-bond donors (Lipinski definition) is 1. The van der Waals surface area contributed by atoms with Crippen molar-refractivity contribution in [3.8, 4) is 0 Å². The normalized spacial score (nSPS) is 21.1. The molecule has 1 aromatic rings. The highest BCUT2D eigenvalue weighted by Crippen LogP contribution is 2.24. The summed E-state index contributed by atoms with van der Waals surface area (Å²) in [6.07, 6.45) is 6.86. The second-order valence-corrected chi connectivity index (χ2v) is 6.79. The van der Waals surface area contributed by atoms with Gasteiger partial charge in [0.1, 0.15) is 5.69 Å². The molecule has 2 saturated heterocycles. The van der Waals surface area contributed by atoms with Crippen molar-refractivity contribution in [2.45, 2.75) is 38.5 Å². The molecule has 0 bridgehead atoms. The van der Waals surface area contributed by atoms with Crippen LogP contribution < -0.4 is 4.90 Å². The van der Waals surface area contributed by atoms with Crippen molar-refractivity contribution in [1.29, 1.82) is 0 Å². The van der Waals surface area contributed by atoms with Crippen molar-refractivity contribution >= 4 is 17.6 Å². The van der Waals surface area contributed by atoms with Crippen molar-refractivity contribution < 1.29 is 14.7 Å². The van der Waals surface area contributed by atoms with Crippen molar-refractivity contribution in [3.05, 3.63) is 24.0 Å². The van der Waals surface area contributed by atoms with Crippen LogP contribution in [0.15, 0.2) is 18.3 Å². The first kappa shape index (κ1) is 16.7. The molecule has 0 aromatic carbocycles. The molecule has 0 spiro atoms. The SMILES string of the molecule is O=C(O)CCC1CCCN(C(=O)c2cc(N3CCCC3)ccn2)C1. The molecule has 1 N–H and O–H groups in total. The Morgan fingerprint density at radius 2 is 2.00 bits per heavy atom. The third kappa shape index (κ3) is 4.04. The van der Waals surface area contributed by atoms with Crippen LogP contribution in [0.5, 0.6) is 0 Å². The van der Waals surface area contributed by atoms with Crippen LogP contribution in [0.25, 0.3) is 0 Å². The van der Waals surface area contributed by atoms with Gasteiger partial charge in [0.25, 0.3) is 5.91 Å². The van der Waals surface area contributed by atoms with Crippen LogP contribution >= 0.6 is 0 Å². The molecular weight excluding hydrogens is 306 g/mol. The summed E-state index contributed by atoms with van der Waals surface area (Å²) in [5, 5.41) is 8.84. The van der Waals surface area contributed by atoms with E-state index in [4.69, 9.17) is 5.11 Å². The van der Waals surface area contributed by atoms with Gasteiger partial charge in [-0.15, -0.1) is 0 Å². The van der Waals surface area contributed by atoms with Gasteiger partial charge in [-0.25, -0.2) is 0 Å². The summed E-state index contributed by atoms with van der Waals surface area (Å²) in [6, 6.07) is 3.86. The van der Waals surface area contributed by atoms with Gasteiger partial charge in [-0.1, -0.05) is 0 Å². The number of likely N-dealkylation sites (tertiary alicyclic amines) is 1. The lowest BCUT2D eigenvalue weighted by atomic mass is 9.93. The van der Waals surface area contributed by atoms with Crippen LogP contribution in [0.4, 0.5) is 5.69 Å². The number of hydrogen-bond acceptors (Lipinski definition) is 4. The van der Waals surface area contributed by atoms with Crippen molar-refractivity contribution in [3.63, 3.8) is 0 Å². The first-order chi connectivity index (χ1) is 11.6. The molecule has 2 fully saturated rings. The first-order valence-corrected chi connectivity index (χ1v) is 8.85. The Morgan fingerprint density at radius 3 is 2.75 bits per heavy atom. The quantitative estimate of drug-likeness (QED) is 0.897. The van der Waals surface area contributed by atoms with Gasteiger partial charge < -0.3 is 14.9 Å². The molecule has 2 aliphatic rings. The number of amides is 1. The van der Waals surface area contributed by atoms with Crippen LogP contribution in [0.2, 0.25) is 0 Å². The lowest BCUT2D eigenvalue weighted by molar-refractivity contribution is -0.137. The van der Waals surface area contributed by atoms with Gasteiger partial charge in [0, 0.05) is 44.5 Å². The van der Waals surface area contributed by atoms with E-state index in [0.717, 1.165) is 38.2 Å². The molecule has 1 aromatic heterocycles. The second kappa shape index (κ2) is 7.64. The molecule has 130 valence electrons. The molecule has 1 unspecified atom stereocenters. The third-order valence-electron chi connectivity index (χ3n) is 5.01. The van der Waals surface area contributed by atoms with Gasteiger partial charge in [-0.05, 0) is 50.2 Å². The predicted octanol–water partition coefficient (Wildman–Crippen LogP) is 2.40. The van der Waals surface area contributed by atoms with Crippen LogP contribution in [0.1, 0.15) is 49.0 Å². The van der Waals surface area contributed by atoms with Gasteiger partial charge in [0.05, 0.1) is 0 Å². The average molecular weight is 331 g/mol. The largest absolute Gasteiger partial charge is 0.481 e. The zero-order valence-corrected chi connectivity index (χ0v) is 14.0. The number of carboxylic acids is 1. The Balaban J connectivity index is 1.64. The van der Waals surface area contributed by atoms with Crippen LogP contribution in [-0.4, -0.2) is 53.0 Å². The predicted molar refractivity (Wildman–Crippen MR) is 91.2 cm³/mol. The number of anilines is 1. The Hall–Kier alpha value is -2.11. The Kier molecular flexibility index (Phi) is 5.33. The molecule has 6 nitrogen and oxygen atoms in total.